The normalized spacial score (nSPS) is 13.9. The van der Waals surface area contributed by atoms with Crippen LogP contribution in [0.15, 0.2) is 0 Å². The quantitative estimate of drug-likeness (QED) is 0.193. The highest BCUT2D eigenvalue weighted by Gasteiger charge is 2.27. The molecule has 0 aromatic carbocycles. The van der Waals surface area contributed by atoms with Crippen LogP contribution in [0.4, 0.5) is 0 Å². The molecule has 0 aromatic heterocycles. The fraction of sp³-hybridized carbons (Fsp3) is 0.615. The number of carboxylic acid groups (broad SMARTS) is 2. The van der Waals surface area contributed by atoms with Gasteiger partial charge in [0.2, 0.25) is 17.7 Å². The maximum Gasteiger partial charge on any atom is 0.322 e. The molecule has 0 aliphatic rings. The number of hydrogen-bond acceptors (Lipinski definition) is 7. The Bertz CT molecular complexity index is 522. The number of carboxylic acids is 2. The second-order valence-corrected chi connectivity index (χ2v) is 5.14. The van der Waals surface area contributed by atoms with E-state index in [9.17, 15) is 24.0 Å². The average molecular weight is 362 g/mol. The van der Waals surface area contributed by atoms with E-state index in [4.69, 9.17) is 21.1 Å². The number of carbonyl (C=O) groups is 5. The van der Waals surface area contributed by atoms with Gasteiger partial charge >= 0.3 is 11.9 Å². The molecule has 0 radical (unpaired) electrons. The number of nitrogens with two attached hydrogens (primary N) is 1. The van der Waals surface area contributed by atoms with E-state index in [1.807, 2.05) is 5.32 Å². The summed E-state index contributed by atoms with van der Waals surface area (Å²) in [6.45, 7) is -0.184. The summed E-state index contributed by atoms with van der Waals surface area (Å²) in [5.74, 6) is -5.10. The van der Waals surface area contributed by atoms with Gasteiger partial charge in [-0.05, 0) is 13.3 Å². The number of carbonyl (C=O) groups excluding carboxylic acids is 3. The molecule has 0 fully saturated rings. The lowest BCUT2D eigenvalue weighted by atomic mass is 10.1. The van der Waals surface area contributed by atoms with Crippen molar-refractivity contribution in [2.75, 3.05) is 13.2 Å². The highest BCUT2D eigenvalue weighted by atomic mass is 16.4. The van der Waals surface area contributed by atoms with Crippen molar-refractivity contribution in [1.82, 2.24) is 16.0 Å². The number of rotatable bonds is 11. The molecule has 8 N–H and O–H groups in total. The van der Waals surface area contributed by atoms with E-state index in [0.29, 0.717) is 0 Å². The number of amides is 3. The molecule has 0 aromatic rings. The van der Waals surface area contributed by atoms with Crippen LogP contribution in [0.25, 0.3) is 0 Å². The molecular weight excluding hydrogens is 340 g/mol. The van der Waals surface area contributed by atoms with E-state index >= 15 is 0 Å². The van der Waals surface area contributed by atoms with Crippen molar-refractivity contribution in [2.24, 2.45) is 5.73 Å². The van der Waals surface area contributed by atoms with Gasteiger partial charge < -0.3 is 37.0 Å². The van der Waals surface area contributed by atoms with Crippen molar-refractivity contribution in [1.29, 1.82) is 0 Å². The van der Waals surface area contributed by atoms with Crippen LogP contribution in [0.1, 0.15) is 19.8 Å². The Hall–Kier alpha value is -2.73. The molecule has 0 saturated heterocycles. The zero-order valence-corrected chi connectivity index (χ0v) is 13.5. The minimum Gasteiger partial charge on any atom is -0.481 e. The van der Waals surface area contributed by atoms with Gasteiger partial charge in [-0.2, -0.15) is 0 Å². The van der Waals surface area contributed by atoms with Crippen molar-refractivity contribution >= 4 is 29.7 Å². The predicted octanol–water partition coefficient (Wildman–Crippen LogP) is -3.64. The summed E-state index contributed by atoms with van der Waals surface area (Å²) >= 11 is 0. The van der Waals surface area contributed by atoms with E-state index in [0.717, 1.165) is 0 Å². The average Bonchev–Trinajstić information content (AvgIpc) is 2.53. The van der Waals surface area contributed by atoms with Crippen LogP contribution in [-0.2, 0) is 24.0 Å². The van der Waals surface area contributed by atoms with Crippen molar-refractivity contribution in [3.8, 4) is 0 Å². The van der Waals surface area contributed by atoms with Crippen LogP contribution < -0.4 is 21.7 Å². The molecule has 25 heavy (non-hydrogen) atoms. The first-order chi connectivity index (χ1) is 11.6. The van der Waals surface area contributed by atoms with Gasteiger partial charge in [0, 0.05) is 6.42 Å². The Labute approximate surface area is 142 Å². The number of aliphatic hydroxyl groups is 1. The molecule has 12 heteroatoms. The molecule has 3 amide bonds. The topological polar surface area (TPSA) is 208 Å². The third-order valence-corrected chi connectivity index (χ3v) is 2.92. The van der Waals surface area contributed by atoms with E-state index in [-0.39, 0.29) is 6.42 Å². The summed E-state index contributed by atoms with van der Waals surface area (Å²) in [5, 5.41) is 32.7. The molecule has 0 heterocycles. The Morgan fingerprint density at radius 1 is 0.920 bits per heavy atom. The first kappa shape index (κ1) is 22.3. The molecule has 0 bridgehead atoms. The fourth-order valence-electron chi connectivity index (χ4n) is 1.59. The Morgan fingerprint density at radius 2 is 1.48 bits per heavy atom. The molecule has 0 spiro atoms. The van der Waals surface area contributed by atoms with Gasteiger partial charge in [0.05, 0.1) is 12.6 Å². The molecule has 3 atom stereocenters. The molecule has 3 unspecified atom stereocenters. The highest BCUT2D eigenvalue weighted by molar-refractivity contribution is 5.93. The van der Waals surface area contributed by atoms with Crippen LogP contribution >= 0.6 is 0 Å². The molecule has 12 nitrogen and oxygen atoms in total. The summed E-state index contributed by atoms with van der Waals surface area (Å²) < 4.78 is 0. The van der Waals surface area contributed by atoms with Gasteiger partial charge in [0.15, 0.2) is 0 Å². The van der Waals surface area contributed by atoms with Crippen LogP contribution in [0, 0.1) is 0 Å². The monoisotopic (exact) mass is 362 g/mol. The van der Waals surface area contributed by atoms with Gasteiger partial charge in [0.25, 0.3) is 0 Å². The summed E-state index contributed by atoms with van der Waals surface area (Å²) in [7, 11) is 0. The summed E-state index contributed by atoms with van der Waals surface area (Å²) in [4.78, 5) is 56.5. The second kappa shape index (κ2) is 10.9. The first-order valence-corrected chi connectivity index (χ1v) is 7.27. The standard InChI is InChI=1S/C13H22N4O8/c1-6(14)11(23)16-7(2-3-9(19)20)13(25)17-8(5-18)12(24)15-4-10(21)22/h6-8,18H,2-5,14H2,1H3,(H,15,24)(H,16,23)(H,17,25)(H,19,20)(H,21,22). The maximum atomic E-state index is 12.2. The largest absolute Gasteiger partial charge is 0.481 e. The fourth-order valence-corrected chi connectivity index (χ4v) is 1.59. The predicted molar refractivity (Wildman–Crippen MR) is 82.1 cm³/mol. The smallest absolute Gasteiger partial charge is 0.322 e. The van der Waals surface area contributed by atoms with E-state index in [1.54, 1.807) is 0 Å². The summed E-state index contributed by atoms with van der Waals surface area (Å²) in [6, 6.07) is -3.71. The van der Waals surface area contributed by atoms with E-state index < -0.39 is 67.4 Å². The van der Waals surface area contributed by atoms with Gasteiger partial charge in [-0.3, -0.25) is 24.0 Å². The third-order valence-electron chi connectivity index (χ3n) is 2.92. The summed E-state index contributed by atoms with van der Waals surface area (Å²) in [5.41, 5.74) is 5.36. The number of hydrogen-bond donors (Lipinski definition) is 7. The Kier molecular flexibility index (Phi) is 9.74. The molecule has 142 valence electrons. The van der Waals surface area contributed by atoms with Gasteiger partial charge in [-0.25, -0.2) is 0 Å². The Morgan fingerprint density at radius 3 is 1.92 bits per heavy atom. The molecule has 0 aliphatic carbocycles. The first-order valence-electron chi connectivity index (χ1n) is 7.27. The van der Waals surface area contributed by atoms with Gasteiger partial charge in [0.1, 0.15) is 18.6 Å². The van der Waals surface area contributed by atoms with Crippen LogP contribution in [-0.4, -0.2) is 76.3 Å². The Balaban J connectivity index is 4.94. The maximum absolute atomic E-state index is 12.2. The van der Waals surface area contributed by atoms with E-state index in [2.05, 4.69) is 10.6 Å². The SMILES string of the molecule is CC(N)C(=O)NC(CCC(=O)O)C(=O)NC(CO)C(=O)NCC(=O)O. The zero-order valence-electron chi connectivity index (χ0n) is 13.5. The number of nitrogens with one attached hydrogen (secondary N) is 3. The minimum absolute atomic E-state index is 0.269. The lowest BCUT2D eigenvalue weighted by Crippen LogP contribution is -2.56. The van der Waals surface area contributed by atoms with Gasteiger partial charge in [-0.1, -0.05) is 0 Å². The lowest BCUT2D eigenvalue weighted by Gasteiger charge is -2.22. The van der Waals surface area contributed by atoms with Crippen molar-refractivity contribution in [2.45, 2.75) is 37.9 Å². The third kappa shape index (κ3) is 9.22. The highest BCUT2D eigenvalue weighted by Crippen LogP contribution is 2.00. The van der Waals surface area contributed by atoms with Crippen LogP contribution in [0.2, 0.25) is 0 Å². The summed E-state index contributed by atoms with van der Waals surface area (Å²) in [6.07, 6.45) is -0.707. The zero-order chi connectivity index (χ0) is 19.6. The molecule has 0 rings (SSSR count). The second-order valence-electron chi connectivity index (χ2n) is 5.14. The number of aliphatic hydroxyl groups excluding tert-OH is 1. The van der Waals surface area contributed by atoms with Gasteiger partial charge in [-0.15, -0.1) is 0 Å². The minimum atomic E-state index is -1.47. The van der Waals surface area contributed by atoms with Crippen LogP contribution in [0.3, 0.4) is 0 Å². The van der Waals surface area contributed by atoms with Crippen LogP contribution in [0.5, 0.6) is 0 Å². The van der Waals surface area contributed by atoms with Crippen molar-refractivity contribution in [3.63, 3.8) is 0 Å². The van der Waals surface area contributed by atoms with Crippen molar-refractivity contribution in [3.05, 3.63) is 0 Å². The number of aliphatic carboxylic acids is 2. The lowest BCUT2D eigenvalue weighted by molar-refractivity contribution is -0.139. The van der Waals surface area contributed by atoms with E-state index in [1.165, 1.54) is 6.92 Å². The molecule has 0 aliphatic heterocycles. The van der Waals surface area contributed by atoms with Crippen molar-refractivity contribution < 1.29 is 39.3 Å². The molecular formula is C13H22N4O8. The molecule has 0 saturated carbocycles.